The van der Waals surface area contributed by atoms with Crippen LogP contribution >= 0.6 is 0 Å². The van der Waals surface area contributed by atoms with E-state index in [1.54, 1.807) is 4.57 Å². The molecule has 0 unspecified atom stereocenters. The SMILES string of the molecule is CCCn1c(C(=O)NC2CCCC2)cn2c(-c3ccccc3)ccc2c1=O. The molecule has 1 aliphatic carbocycles. The molecule has 5 heteroatoms. The zero-order chi connectivity index (χ0) is 18.8. The lowest BCUT2D eigenvalue weighted by Gasteiger charge is -2.17. The van der Waals surface area contributed by atoms with Crippen molar-refractivity contribution >= 4 is 11.4 Å². The maximum Gasteiger partial charge on any atom is 0.275 e. The quantitative estimate of drug-likeness (QED) is 0.748. The summed E-state index contributed by atoms with van der Waals surface area (Å²) >= 11 is 0. The summed E-state index contributed by atoms with van der Waals surface area (Å²) in [5.41, 5.74) is 2.86. The molecule has 2 aromatic heterocycles. The Hall–Kier alpha value is -2.82. The third kappa shape index (κ3) is 3.29. The van der Waals surface area contributed by atoms with E-state index in [0.717, 1.165) is 43.4 Å². The number of carbonyl (C=O) groups excluding carboxylic acids is 1. The molecule has 1 aliphatic rings. The number of hydrogen-bond donors (Lipinski definition) is 1. The first-order valence-electron chi connectivity index (χ1n) is 9.80. The molecule has 0 bridgehead atoms. The molecule has 1 amide bonds. The van der Waals surface area contributed by atoms with Crippen LogP contribution in [-0.4, -0.2) is 20.9 Å². The first-order chi connectivity index (χ1) is 13.2. The van der Waals surface area contributed by atoms with Crippen molar-refractivity contribution < 1.29 is 4.79 Å². The number of aromatic nitrogens is 2. The second-order valence-electron chi connectivity index (χ2n) is 7.27. The molecule has 5 nitrogen and oxygen atoms in total. The molecular formula is C22H25N3O2. The van der Waals surface area contributed by atoms with Crippen LogP contribution in [0.25, 0.3) is 16.8 Å². The van der Waals surface area contributed by atoms with E-state index >= 15 is 0 Å². The van der Waals surface area contributed by atoms with Crippen LogP contribution < -0.4 is 10.9 Å². The summed E-state index contributed by atoms with van der Waals surface area (Å²) in [5, 5.41) is 3.13. The van der Waals surface area contributed by atoms with Crippen LogP contribution in [0.4, 0.5) is 0 Å². The van der Waals surface area contributed by atoms with E-state index in [1.165, 1.54) is 0 Å². The predicted octanol–water partition coefficient (Wildman–Crippen LogP) is 3.85. The molecule has 1 aromatic carbocycles. The smallest absolute Gasteiger partial charge is 0.275 e. The molecule has 1 N–H and O–H groups in total. The summed E-state index contributed by atoms with van der Waals surface area (Å²) in [4.78, 5) is 26.1. The predicted molar refractivity (Wildman–Crippen MR) is 107 cm³/mol. The van der Waals surface area contributed by atoms with Crippen molar-refractivity contribution in [3.63, 3.8) is 0 Å². The van der Waals surface area contributed by atoms with Gasteiger partial charge in [0.15, 0.2) is 0 Å². The fourth-order valence-corrected chi connectivity index (χ4v) is 4.00. The van der Waals surface area contributed by atoms with Crippen LogP contribution in [0.3, 0.4) is 0 Å². The van der Waals surface area contributed by atoms with Crippen molar-refractivity contribution in [3.05, 3.63) is 64.7 Å². The Bertz CT molecular complexity index is 1010. The average molecular weight is 363 g/mol. The van der Waals surface area contributed by atoms with Crippen molar-refractivity contribution in [2.75, 3.05) is 0 Å². The minimum atomic E-state index is -0.151. The molecule has 0 spiro atoms. The molecule has 2 heterocycles. The average Bonchev–Trinajstić information content (AvgIpc) is 3.34. The lowest BCUT2D eigenvalue weighted by atomic mass is 10.1. The number of benzene rings is 1. The lowest BCUT2D eigenvalue weighted by Crippen LogP contribution is -2.37. The van der Waals surface area contributed by atoms with Crippen molar-refractivity contribution in [3.8, 4) is 11.3 Å². The van der Waals surface area contributed by atoms with E-state index in [-0.39, 0.29) is 17.5 Å². The van der Waals surface area contributed by atoms with Crippen molar-refractivity contribution in [2.45, 2.75) is 51.6 Å². The maximum absolute atomic E-state index is 13.1. The van der Waals surface area contributed by atoms with Crippen molar-refractivity contribution in [2.24, 2.45) is 0 Å². The highest BCUT2D eigenvalue weighted by atomic mass is 16.2. The van der Waals surface area contributed by atoms with Crippen LogP contribution in [0, 0.1) is 0 Å². The molecule has 0 saturated heterocycles. The van der Waals surface area contributed by atoms with Gasteiger partial charge in [-0.2, -0.15) is 0 Å². The van der Waals surface area contributed by atoms with Gasteiger partial charge in [0.1, 0.15) is 11.2 Å². The Kier molecular flexibility index (Phi) is 4.84. The number of rotatable bonds is 5. The van der Waals surface area contributed by atoms with Gasteiger partial charge in [-0.15, -0.1) is 0 Å². The molecule has 4 rings (SSSR count). The normalized spacial score (nSPS) is 14.7. The number of fused-ring (bicyclic) bond motifs is 1. The van der Waals surface area contributed by atoms with Gasteiger partial charge in [0.25, 0.3) is 11.5 Å². The first-order valence-corrected chi connectivity index (χ1v) is 9.80. The van der Waals surface area contributed by atoms with Gasteiger partial charge in [-0.05, 0) is 37.0 Å². The molecule has 3 aromatic rings. The van der Waals surface area contributed by atoms with E-state index in [0.29, 0.717) is 17.8 Å². The van der Waals surface area contributed by atoms with E-state index in [2.05, 4.69) is 5.32 Å². The number of amides is 1. The summed E-state index contributed by atoms with van der Waals surface area (Å²) in [6, 6.07) is 13.9. The van der Waals surface area contributed by atoms with E-state index in [9.17, 15) is 9.59 Å². The van der Waals surface area contributed by atoms with Crippen LogP contribution in [0.1, 0.15) is 49.5 Å². The van der Waals surface area contributed by atoms with Gasteiger partial charge in [0.2, 0.25) is 0 Å². The fourth-order valence-electron chi connectivity index (χ4n) is 4.00. The number of carbonyl (C=O) groups is 1. The van der Waals surface area contributed by atoms with Crippen LogP contribution in [0.15, 0.2) is 53.5 Å². The van der Waals surface area contributed by atoms with Gasteiger partial charge >= 0.3 is 0 Å². The number of nitrogens with zero attached hydrogens (tertiary/aromatic N) is 2. The molecule has 1 fully saturated rings. The summed E-state index contributed by atoms with van der Waals surface area (Å²) in [5.74, 6) is -0.151. The van der Waals surface area contributed by atoms with Gasteiger partial charge in [0.05, 0.1) is 5.69 Å². The fraction of sp³-hybridized carbons (Fsp3) is 0.364. The van der Waals surface area contributed by atoms with Gasteiger partial charge in [-0.25, -0.2) is 0 Å². The highest BCUT2D eigenvalue weighted by Crippen LogP contribution is 2.22. The van der Waals surface area contributed by atoms with Gasteiger partial charge < -0.3 is 14.3 Å². The molecule has 140 valence electrons. The second-order valence-corrected chi connectivity index (χ2v) is 7.27. The summed E-state index contributed by atoms with van der Waals surface area (Å²) < 4.78 is 3.47. The van der Waals surface area contributed by atoms with Crippen molar-refractivity contribution in [1.82, 2.24) is 14.3 Å². The molecule has 1 saturated carbocycles. The summed E-state index contributed by atoms with van der Waals surface area (Å²) in [6.45, 7) is 2.55. The minimum absolute atomic E-state index is 0.113. The maximum atomic E-state index is 13.1. The van der Waals surface area contributed by atoms with Crippen LogP contribution in [0.2, 0.25) is 0 Å². The molecular weight excluding hydrogens is 338 g/mol. The Balaban J connectivity index is 1.84. The van der Waals surface area contributed by atoms with E-state index in [1.807, 2.05) is 60.0 Å². The third-order valence-electron chi connectivity index (χ3n) is 5.36. The topological polar surface area (TPSA) is 55.5 Å². The molecule has 0 atom stereocenters. The molecule has 0 aliphatic heterocycles. The van der Waals surface area contributed by atoms with E-state index in [4.69, 9.17) is 0 Å². The number of nitrogens with one attached hydrogen (secondary N) is 1. The zero-order valence-electron chi connectivity index (χ0n) is 15.6. The minimum Gasteiger partial charge on any atom is -0.348 e. The second kappa shape index (κ2) is 7.43. The third-order valence-corrected chi connectivity index (χ3v) is 5.36. The summed E-state index contributed by atoms with van der Waals surface area (Å²) in [7, 11) is 0. The largest absolute Gasteiger partial charge is 0.348 e. The Morgan fingerprint density at radius 3 is 2.56 bits per heavy atom. The number of hydrogen-bond acceptors (Lipinski definition) is 2. The van der Waals surface area contributed by atoms with E-state index < -0.39 is 0 Å². The monoisotopic (exact) mass is 363 g/mol. The molecule has 0 radical (unpaired) electrons. The lowest BCUT2D eigenvalue weighted by molar-refractivity contribution is 0.0926. The summed E-state index contributed by atoms with van der Waals surface area (Å²) in [6.07, 6.45) is 6.96. The molecule has 27 heavy (non-hydrogen) atoms. The van der Waals surface area contributed by atoms with Gasteiger partial charge in [0, 0.05) is 18.8 Å². The standard InChI is InChI=1S/C22H25N3O2/c1-2-14-24-20(21(26)23-17-10-6-7-11-17)15-25-18(12-13-19(25)22(24)27)16-8-4-3-5-9-16/h3-5,8-9,12-13,15,17H,2,6-7,10-11,14H2,1H3,(H,23,26). The van der Waals surface area contributed by atoms with Crippen LogP contribution in [0.5, 0.6) is 0 Å². The Labute approximate surface area is 158 Å². The highest BCUT2D eigenvalue weighted by molar-refractivity contribution is 5.93. The Morgan fingerprint density at radius 1 is 1.11 bits per heavy atom. The zero-order valence-corrected chi connectivity index (χ0v) is 15.6. The first kappa shape index (κ1) is 17.6. The van der Waals surface area contributed by atoms with Gasteiger partial charge in [-0.3, -0.25) is 9.59 Å². The Morgan fingerprint density at radius 2 is 1.85 bits per heavy atom. The van der Waals surface area contributed by atoms with Crippen molar-refractivity contribution in [1.29, 1.82) is 0 Å². The van der Waals surface area contributed by atoms with Crippen LogP contribution in [-0.2, 0) is 6.54 Å². The highest BCUT2D eigenvalue weighted by Gasteiger charge is 2.22. The van der Waals surface area contributed by atoms with Gasteiger partial charge in [-0.1, -0.05) is 50.1 Å².